The van der Waals surface area contributed by atoms with Gasteiger partial charge in [-0.2, -0.15) is 10.1 Å². The van der Waals surface area contributed by atoms with Gasteiger partial charge in [-0.25, -0.2) is 4.79 Å². The van der Waals surface area contributed by atoms with Gasteiger partial charge < -0.3 is 10.1 Å². The normalized spacial score (nSPS) is 10.2. The van der Waals surface area contributed by atoms with Crippen LogP contribution in [0.25, 0.3) is 0 Å². The van der Waals surface area contributed by atoms with E-state index in [1.54, 1.807) is 24.3 Å². The second kappa shape index (κ2) is 6.94. The Morgan fingerprint density at radius 2 is 2.10 bits per heavy atom. The highest BCUT2D eigenvalue weighted by molar-refractivity contribution is 7.71. The molecule has 7 heteroatoms. The molecule has 0 aliphatic carbocycles. The largest absolute Gasteiger partial charge is 0.462 e. The molecular formula is C14H16N4O2S. The third-order valence-electron chi connectivity index (χ3n) is 2.70. The first-order chi connectivity index (χ1) is 10.1. The standard InChI is InChI=1S/C14H16N4O2S/c1-3-8-20-13(19)10-4-6-11(7-5-10)15-12-9(2)17-18-14(21)16-12/h4-7H,3,8H2,1-2H3,(H2,15,16,18,21). The van der Waals surface area contributed by atoms with Crippen LogP contribution in [-0.4, -0.2) is 27.8 Å². The van der Waals surface area contributed by atoms with Crippen LogP contribution >= 0.6 is 12.2 Å². The van der Waals surface area contributed by atoms with Crippen LogP contribution in [0.2, 0.25) is 0 Å². The zero-order valence-corrected chi connectivity index (χ0v) is 12.7. The average Bonchev–Trinajstić information content (AvgIpc) is 2.49. The van der Waals surface area contributed by atoms with E-state index in [9.17, 15) is 4.79 Å². The van der Waals surface area contributed by atoms with Crippen molar-refractivity contribution in [3.63, 3.8) is 0 Å². The summed E-state index contributed by atoms with van der Waals surface area (Å²) in [5.41, 5.74) is 2.01. The molecule has 0 amide bonds. The van der Waals surface area contributed by atoms with E-state index in [0.29, 0.717) is 28.5 Å². The molecule has 1 aromatic carbocycles. The molecule has 0 saturated carbocycles. The summed E-state index contributed by atoms with van der Waals surface area (Å²) >= 11 is 4.94. The van der Waals surface area contributed by atoms with Gasteiger partial charge in [-0.15, -0.1) is 0 Å². The first kappa shape index (κ1) is 15.1. The van der Waals surface area contributed by atoms with Crippen LogP contribution in [0, 0.1) is 11.7 Å². The lowest BCUT2D eigenvalue weighted by atomic mass is 10.2. The number of hydrogen-bond acceptors (Lipinski definition) is 6. The van der Waals surface area contributed by atoms with Crippen molar-refractivity contribution in [2.45, 2.75) is 20.3 Å². The fourth-order valence-corrected chi connectivity index (χ4v) is 1.75. The summed E-state index contributed by atoms with van der Waals surface area (Å²) in [5.74, 6) is 0.265. The predicted octanol–water partition coefficient (Wildman–Crippen LogP) is 3.15. The summed E-state index contributed by atoms with van der Waals surface area (Å²) in [4.78, 5) is 15.8. The molecular weight excluding hydrogens is 288 g/mol. The van der Waals surface area contributed by atoms with Gasteiger partial charge >= 0.3 is 5.97 Å². The van der Waals surface area contributed by atoms with Crippen LogP contribution in [0.1, 0.15) is 29.4 Å². The predicted molar refractivity (Wildman–Crippen MR) is 82.3 cm³/mol. The van der Waals surface area contributed by atoms with Crippen LogP contribution in [0.5, 0.6) is 0 Å². The van der Waals surface area contributed by atoms with Gasteiger partial charge in [-0.05, 0) is 49.8 Å². The number of benzene rings is 1. The van der Waals surface area contributed by atoms with Crippen molar-refractivity contribution in [3.8, 4) is 0 Å². The van der Waals surface area contributed by atoms with E-state index >= 15 is 0 Å². The molecule has 0 aliphatic rings. The molecule has 0 bridgehead atoms. The van der Waals surface area contributed by atoms with Crippen molar-refractivity contribution in [3.05, 3.63) is 40.3 Å². The molecule has 0 unspecified atom stereocenters. The van der Waals surface area contributed by atoms with Crippen LogP contribution in [0.15, 0.2) is 24.3 Å². The summed E-state index contributed by atoms with van der Waals surface area (Å²) in [6.07, 6.45) is 0.803. The van der Waals surface area contributed by atoms with E-state index in [-0.39, 0.29) is 5.97 Å². The topological polar surface area (TPSA) is 79.9 Å². The maximum Gasteiger partial charge on any atom is 0.338 e. The first-order valence-corrected chi connectivity index (χ1v) is 6.98. The second-order valence-corrected chi connectivity index (χ2v) is 4.80. The number of esters is 1. The van der Waals surface area contributed by atoms with E-state index in [1.165, 1.54) is 0 Å². The molecule has 2 N–H and O–H groups in total. The van der Waals surface area contributed by atoms with E-state index < -0.39 is 0 Å². The maximum atomic E-state index is 11.7. The van der Waals surface area contributed by atoms with Gasteiger partial charge in [0.15, 0.2) is 5.82 Å². The Labute approximate surface area is 127 Å². The van der Waals surface area contributed by atoms with Gasteiger partial charge in [0.2, 0.25) is 4.77 Å². The van der Waals surface area contributed by atoms with Crippen molar-refractivity contribution in [2.75, 3.05) is 11.9 Å². The fraction of sp³-hybridized carbons (Fsp3) is 0.286. The molecule has 1 aromatic heterocycles. The van der Waals surface area contributed by atoms with Crippen LogP contribution in [-0.2, 0) is 4.74 Å². The van der Waals surface area contributed by atoms with Crippen molar-refractivity contribution in [2.24, 2.45) is 0 Å². The summed E-state index contributed by atoms with van der Waals surface area (Å²) < 4.78 is 5.38. The fourth-order valence-electron chi connectivity index (χ4n) is 1.61. The van der Waals surface area contributed by atoms with Crippen molar-refractivity contribution in [1.29, 1.82) is 0 Å². The molecule has 0 spiro atoms. The highest BCUT2D eigenvalue weighted by Gasteiger charge is 2.07. The molecule has 0 aliphatic heterocycles. The molecule has 0 atom stereocenters. The third-order valence-corrected chi connectivity index (χ3v) is 2.88. The minimum absolute atomic E-state index is 0.308. The van der Waals surface area contributed by atoms with Gasteiger partial charge in [0.25, 0.3) is 0 Å². The minimum atomic E-state index is -0.318. The Balaban J connectivity index is 2.10. The van der Waals surface area contributed by atoms with Crippen molar-refractivity contribution >= 4 is 29.7 Å². The monoisotopic (exact) mass is 304 g/mol. The lowest BCUT2D eigenvalue weighted by Gasteiger charge is -2.08. The summed E-state index contributed by atoms with van der Waals surface area (Å²) in [6, 6.07) is 6.96. The van der Waals surface area contributed by atoms with Crippen LogP contribution in [0.3, 0.4) is 0 Å². The number of carbonyl (C=O) groups is 1. The number of aromatic amines is 1. The van der Waals surface area contributed by atoms with Gasteiger partial charge in [0, 0.05) is 5.69 Å². The van der Waals surface area contributed by atoms with Gasteiger partial charge in [0.1, 0.15) is 5.69 Å². The van der Waals surface area contributed by atoms with Gasteiger partial charge in [-0.1, -0.05) is 6.92 Å². The van der Waals surface area contributed by atoms with Crippen molar-refractivity contribution < 1.29 is 9.53 Å². The molecule has 2 rings (SSSR count). The number of hydrogen-bond donors (Lipinski definition) is 2. The Morgan fingerprint density at radius 1 is 1.38 bits per heavy atom. The number of rotatable bonds is 5. The Morgan fingerprint density at radius 3 is 2.76 bits per heavy atom. The van der Waals surface area contributed by atoms with Gasteiger partial charge in [-0.3, -0.25) is 5.10 Å². The molecule has 0 saturated heterocycles. The number of anilines is 2. The SMILES string of the molecule is CCCOC(=O)c1ccc(Nc2nc(=S)[nH]nc2C)cc1. The van der Waals surface area contributed by atoms with E-state index in [2.05, 4.69) is 20.5 Å². The highest BCUT2D eigenvalue weighted by atomic mass is 32.1. The molecule has 21 heavy (non-hydrogen) atoms. The van der Waals surface area contributed by atoms with E-state index in [0.717, 1.165) is 12.1 Å². The lowest BCUT2D eigenvalue weighted by Crippen LogP contribution is -2.06. The number of nitrogens with one attached hydrogen (secondary N) is 2. The average molecular weight is 304 g/mol. The second-order valence-electron chi connectivity index (χ2n) is 4.41. The first-order valence-electron chi connectivity index (χ1n) is 6.57. The number of carbonyl (C=O) groups excluding carboxylic acids is 1. The van der Waals surface area contributed by atoms with Crippen LogP contribution < -0.4 is 5.32 Å². The Bertz CT molecular complexity index is 682. The molecule has 110 valence electrons. The lowest BCUT2D eigenvalue weighted by molar-refractivity contribution is 0.0505. The van der Waals surface area contributed by atoms with Gasteiger partial charge in [0.05, 0.1) is 12.2 Å². The molecule has 0 fully saturated rings. The zero-order chi connectivity index (χ0) is 15.2. The maximum absolute atomic E-state index is 11.7. The van der Waals surface area contributed by atoms with E-state index in [4.69, 9.17) is 17.0 Å². The number of aryl methyl sites for hydroxylation is 1. The molecule has 6 nitrogen and oxygen atoms in total. The third kappa shape index (κ3) is 4.09. The number of ether oxygens (including phenoxy) is 1. The number of nitrogens with zero attached hydrogens (tertiary/aromatic N) is 2. The van der Waals surface area contributed by atoms with Crippen LogP contribution in [0.4, 0.5) is 11.5 Å². The van der Waals surface area contributed by atoms with Crippen molar-refractivity contribution in [1.82, 2.24) is 15.2 Å². The summed E-state index contributed by atoms with van der Waals surface area (Å²) in [7, 11) is 0. The Hall–Kier alpha value is -2.28. The summed E-state index contributed by atoms with van der Waals surface area (Å²) in [6.45, 7) is 4.20. The van der Waals surface area contributed by atoms with E-state index in [1.807, 2.05) is 13.8 Å². The highest BCUT2D eigenvalue weighted by Crippen LogP contribution is 2.17. The molecule has 0 radical (unpaired) electrons. The smallest absolute Gasteiger partial charge is 0.338 e. The molecule has 1 heterocycles. The number of H-pyrrole nitrogens is 1. The molecule has 2 aromatic rings. The summed E-state index contributed by atoms with van der Waals surface area (Å²) in [5, 5.41) is 9.76. The minimum Gasteiger partial charge on any atom is -0.462 e. The zero-order valence-electron chi connectivity index (χ0n) is 11.8. The quantitative estimate of drug-likeness (QED) is 0.652. The Kier molecular flexibility index (Phi) is 4.99. The number of aromatic nitrogens is 3.